The molecular weight excluding hydrogens is 461 g/mol. The average molecular weight is 499 g/mol. The molecule has 1 heterocycles. The van der Waals surface area contributed by atoms with E-state index in [1.54, 1.807) is 0 Å². The van der Waals surface area contributed by atoms with E-state index >= 15 is 0 Å². The first-order chi connectivity index (χ1) is 13.1. The van der Waals surface area contributed by atoms with Gasteiger partial charge in [-0.2, -0.15) is 0 Å². The number of hydrogen-bond acceptors (Lipinski definition) is 3. The maximum absolute atomic E-state index is 4.85. The summed E-state index contributed by atoms with van der Waals surface area (Å²) in [7, 11) is 2.23. The smallest absolute Gasteiger partial charge is 0.191 e. The Kier molecular flexibility index (Phi) is 9.34. The van der Waals surface area contributed by atoms with Gasteiger partial charge in [0.2, 0.25) is 0 Å². The first-order valence-electron chi connectivity index (χ1n) is 10.7. The van der Waals surface area contributed by atoms with Gasteiger partial charge in [-0.05, 0) is 71.2 Å². The number of nitrogens with zero attached hydrogens (tertiary/aromatic N) is 3. The van der Waals surface area contributed by atoms with E-state index in [0.29, 0.717) is 6.04 Å². The van der Waals surface area contributed by atoms with Crippen molar-refractivity contribution < 1.29 is 0 Å². The van der Waals surface area contributed by atoms with Crippen LogP contribution in [0, 0.1) is 0 Å². The first-order valence-corrected chi connectivity index (χ1v) is 10.7. The van der Waals surface area contributed by atoms with Gasteiger partial charge < -0.3 is 15.5 Å². The standard InChI is InChI=1S/C22H37N5.HI/c1-5-23-22(24-16-17(2)26(4)20-11-12-20)25-18(3)19-9-8-10-21(15-19)27-13-6-7-14-27;/h8-10,15,17-18,20H,5-7,11-14,16H2,1-4H3,(H2,23,24,25);1H. The zero-order chi connectivity index (χ0) is 19.2. The van der Waals surface area contributed by atoms with Gasteiger partial charge in [0.15, 0.2) is 5.96 Å². The van der Waals surface area contributed by atoms with E-state index in [9.17, 15) is 0 Å². The van der Waals surface area contributed by atoms with Crippen molar-refractivity contribution in [3.63, 3.8) is 0 Å². The molecule has 0 radical (unpaired) electrons. The zero-order valence-electron chi connectivity index (χ0n) is 17.9. The Hall–Kier alpha value is -1.02. The molecule has 0 aromatic heterocycles. The number of benzene rings is 1. The maximum atomic E-state index is 4.85. The summed E-state index contributed by atoms with van der Waals surface area (Å²) in [5, 5.41) is 7.00. The van der Waals surface area contributed by atoms with Gasteiger partial charge in [-0.25, -0.2) is 0 Å². The number of aliphatic imine (C=N–C) groups is 1. The van der Waals surface area contributed by atoms with Gasteiger partial charge in [-0.3, -0.25) is 9.89 Å². The Balaban J connectivity index is 0.00000280. The van der Waals surface area contributed by atoms with Gasteiger partial charge in [0, 0.05) is 37.4 Å². The molecule has 2 atom stereocenters. The quantitative estimate of drug-likeness (QED) is 0.323. The molecule has 1 aromatic carbocycles. The van der Waals surface area contributed by atoms with E-state index in [4.69, 9.17) is 4.99 Å². The molecule has 2 unspecified atom stereocenters. The number of halogens is 1. The van der Waals surface area contributed by atoms with E-state index in [0.717, 1.165) is 25.1 Å². The summed E-state index contributed by atoms with van der Waals surface area (Å²) in [5.74, 6) is 0.910. The maximum Gasteiger partial charge on any atom is 0.191 e. The molecule has 2 fully saturated rings. The minimum Gasteiger partial charge on any atom is -0.372 e. The summed E-state index contributed by atoms with van der Waals surface area (Å²) in [6.07, 6.45) is 5.30. The molecule has 5 nitrogen and oxygen atoms in total. The van der Waals surface area contributed by atoms with Crippen LogP contribution in [0.2, 0.25) is 0 Å². The fourth-order valence-corrected chi connectivity index (χ4v) is 3.77. The van der Waals surface area contributed by atoms with Crippen LogP contribution in [0.1, 0.15) is 58.1 Å². The van der Waals surface area contributed by atoms with Crippen LogP contribution in [-0.4, -0.2) is 56.2 Å². The highest BCUT2D eigenvalue weighted by molar-refractivity contribution is 14.0. The van der Waals surface area contributed by atoms with Crippen molar-refractivity contribution in [1.29, 1.82) is 0 Å². The van der Waals surface area contributed by atoms with Crippen molar-refractivity contribution in [1.82, 2.24) is 15.5 Å². The molecule has 0 spiro atoms. The van der Waals surface area contributed by atoms with Gasteiger partial charge in [-0.15, -0.1) is 24.0 Å². The molecule has 1 aliphatic heterocycles. The predicted octanol–water partition coefficient (Wildman–Crippen LogP) is 4.00. The van der Waals surface area contributed by atoms with Crippen LogP contribution in [0.15, 0.2) is 29.3 Å². The lowest BCUT2D eigenvalue weighted by atomic mass is 10.1. The van der Waals surface area contributed by atoms with Crippen molar-refractivity contribution in [3.8, 4) is 0 Å². The van der Waals surface area contributed by atoms with E-state index in [1.165, 1.54) is 50.0 Å². The van der Waals surface area contributed by atoms with Crippen LogP contribution in [0.3, 0.4) is 0 Å². The number of likely N-dealkylation sites (N-methyl/N-ethyl adjacent to an activating group) is 1. The lowest BCUT2D eigenvalue weighted by Gasteiger charge is -2.24. The van der Waals surface area contributed by atoms with E-state index in [-0.39, 0.29) is 30.0 Å². The third-order valence-electron chi connectivity index (χ3n) is 5.87. The molecule has 1 saturated carbocycles. The second-order valence-electron chi connectivity index (χ2n) is 8.12. The molecule has 0 amide bonds. The molecule has 2 aliphatic rings. The van der Waals surface area contributed by atoms with Crippen molar-refractivity contribution in [2.75, 3.05) is 38.1 Å². The highest BCUT2D eigenvalue weighted by Crippen LogP contribution is 2.27. The minimum atomic E-state index is 0. The van der Waals surface area contributed by atoms with Crippen molar-refractivity contribution in [2.45, 2.75) is 64.6 Å². The van der Waals surface area contributed by atoms with Gasteiger partial charge in [0.05, 0.1) is 12.6 Å². The van der Waals surface area contributed by atoms with Crippen LogP contribution in [0.25, 0.3) is 0 Å². The van der Waals surface area contributed by atoms with Crippen LogP contribution in [0.5, 0.6) is 0 Å². The van der Waals surface area contributed by atoms with Gasteiger partial charge in [-0.1, -0.05) is 12.1 Å². The van der Waals surface area contributed by atoms with Crippen LogP contribution in [-0.2, 0) is 0 Å². The summed E-state index contributed by atoms with van der Waals surface area (Å²) in [6, 6.07) is 10.4. The molecule has 28 heavy (non-hydrogen) atoms. The Morgan fingerprint density at radius 1 is 1.25 bits per heavy atom. The topological polar surface area (TPSA) is 42.9 Å². The summed E-state index contributed by atoms with van der Waals surface area (Å²) in [4.78, 5) is 9.81. The number of rotatable bonds is 8. The molecule has 3 rings (SSSR count). The van der Waals surface area contributed by atoms with Gasteiger partial charge in [0.25, 0.3) is 0 Å². The second-order valence-corrected chi connectivity index (χ2v) is 8.12. The Morgan fingerprint density at radius 2 is 1.96 bits per heavy atom. The van der Waals surface area contributed by atoms with Crippen molar-refractivity contribution in [3.05, 3.63) is 29.8 Å². The summed E-state index contributed by atoms with van der Waals surface area (Å²) in [6.45, 7) is 10.7. The fraction of sp³-hybridized carbons (Fsp3) is 0.682. The number of hydrogen-bond donors (Lipinski definition) is 2. The van der Waals surface area contributed by atoms with Gasteiger partial charge >= 0.3 is 0 Å². The molecular formula is C22H38IN5. The van der Waals surface area contributed by atoms with E-state index in [1.807, 2.05) is 0 Å². The molecule has 6 heteroatoms. The Labute approximate surface area is 188 Å². The number of guanidine groups is 1. The average Bonchev–Trinajstić information content (AvgIpc) is 3.39. The third-order valence-corrected chi connectivity index (χ3v) is 5.87. The lowest BCUT2D eigenvalue weighted by molar-refractivity contribution is 0.253. The van der Waals surface area contributed by atoms with Crippen molar-refractivity contribution in [2.24, 2.45) is 4.99 Å². The lowest BCUT2D eigenvalue weighted by Crippen LogP contribution is -2.40. The third kappa shape index (κ3) is 6.51. The normalized spacial score (nSPS) is 19.3. The van der Waals surface area contributed by atoms with Crippen LogP contribution in [0.4, 0.5) is 5.69 Å². The van der Waals surface area contributed by atoms with E-state index in [2.05, 4.69) is 72.5 Å². The van der Waals surface area contributed by atoms with Crippen molar-refractivity contribution >= 4 is 35.6 Å². The number of anilines is 1. The molecule has 1 saturated heterocycles. The largest absolute Gasteiger partial charge is 0.372 e. The highest BCUT2D eigenvalue weighted by Gasteiger charge is 2.28. The Morgan fingerprint density at radius 3 is 2.61 bits per heavy atom. The highest BCUT2D eigenvalue weighted by atomic mass is 127. The predicted molar refractivity (Wildman–Crippen MR) is 131 cm³/mol. The molecule has 0 bridgehead atoms. The van der Waals surface area contributed by atoms with Crippen LogP contribution >= 0.6 is 24.0 Å². The van der Waals surface area contributed by atoms with E-state index < -0.39 is 0 Å². The van der Waals surface area contributed by atoms with Crippen LogP contribution < -0.4 is 15.5 Å². The molecule has 158 valence electrons. The Bertz CT molecular complexity index is 625. The fourth-order valence-electron chi connectivity index (χ4n) is 3.77. The molecule has 1 aliphatic carbocycles. The molecule has 2 N–H and O–H groups in total. The SMILES string of the molecule is CCNC(=NCC(C)N(C)C1CC1)NC(C)c1cccc(N2CCCC2)c1.I. The summed E-state index contributed by atoms with van der Waals surface area (Å²) in [5.41, 5.74) is 2.66. The second kappa shape index (κ2) is 11.2. The first kappa shape index (κ1) is 23.3. The minimum absolute atomic E-state index is 0. The van der Waals surface area contributed by atoms with Gasteiger partial charge in [0.1, 0.15) is 0 Å². The monoisotopic (exact) mass is 499 g/mol. The summed E-state index contributed by atoms with van der Waals surface area (Å²) >= 11 is 0. The number of nitrogens with one attached hydrogen (secondary N) is 2. The zero-order valence-corrected chi connectivity index (χ0v) is 20.3. The molecule has 1 aromatic rings. The summed E-state index contributed by atoms with van der Waals surface area (Å²) < 4.78 is 0.